The van der Waals surface area contributed by atoms with Gasteiger partial charge in [-0.05, 0) is 38.8 Å². The van der Waals surface area contributed by atoms with Gasteiger partial charge in [-0.25, -0.2) is 0 Å². The first-order chi connectivity index (χ1) is 10.1. The minimum atomic E-state index is 0.565. The molecule has 1 N–H and O–H groups in total. The molecule has 4 nitrogen and oxygen atoms in total. The molecule has 0 amide bonds. The quantitative estimate of drug-likeness (QED) is 0.907. The summed E-state index contributed by atoms with van der Waals surface area (Å²) in [5.74, 6) is 0.656. The molecule has 5 heteroatoms. The van der Waals surface area contributed by atoms with Gasteiger partial charge in [0, 0.05) is 25.7 Å². The summed E-state index contributed by atoms with van der Waals surface area (Å²) in [5, 5.41) is 9.16. The van der Waals surface area contributed by atoms with Crippen molar-refractivity contribution in [1.82, 2.24) is 20.0 Å². The van der Waals surface area contributed by atoms with Crippen molar-refractivity contribution in [3.8, 4) is 0 Å². The highest BCUT2D eigenvalue weighted by Crippen LogP contribution is 2.24. The normalized spacial score (nSPS) is 21.0. The highest BCUT2D eigenvalue weighted by molar-refractivity contribution is 6.31. The molecule has 2 rings (SSSR count). The molecule has 1 atom stereocenters. The van der Waals surface area contributed by atoms with Crippen LogP contribution < -0.4 is 5.32 Å². The van der Waals surface area contributed by atoms with Gasteiger partial charge in [0.05, 0.1) is 16.4 Å². The largest absolute Gasteiger partial charge is 0.312 e. The number of nitrogens with one attached hydrogen (secondary N) is 1. The van der Waals surface area contributed by atoms with Gasteiger partial charge in [-0.3, -0.25) is 9.58 Å². The molecule has 1 unspecified atom stereocenters. The minimum absolute atomic E-state index is 0.565. The molecule has 21 heavy (non-hydrogen) atoms. The summed E-state index contributed by atoms with van der Waals surface area (Å²) in [6.45, 7) is 13.9. The molecular formula is C16H29ClN4. The Kier molecular flexibility index (Phi) is 6.08. The number of nitrogens with zero attached hydrogens (tertiary/aromatic N) is 3. The molecule has 1 saturated heterocycles. The number of aryl methyl sites for hydroxylation is 2. The van der Waals surface area contributed by atoms with Gasteiger partial charge in [-0.2, -0.15) is 5.10 Å². The lowest BCUT2D eigenvalue weighted by atomic mass is 10.0. The van der Waals surface area contributed by atoms with Crippen LogP contribution in [-0.2, 0) is 19.5 Å². The summed E-state index contributed by atoms with van der Waals surface area (Å²) in [4.78, 5) is 2.53. The van der Waals surface area contributed by atoms with Gasteiger partial charge in [0.25, 0.3) is 0 Å². The van der Waals surface area contributed by atoms with Crippen molar-refractivity contribution < 1.29 is 0 Å². The molecule has 0 spiro atoms. The molecule has 1 aromatic rings. The molecule has 2 heterocycles. The van der Waals surface area contributed by atoms with E-state index in [1.54, 1.807) is 0 Å². The molecular weight excluding hydrogens is 284 g/mol. The molecule has 120 valence electrons. The molecule has 1 aromatic heterocycles. The van der Waals surface area contributed by atoms with Crippen molar-refractivity contribution in [2.45, 2.75) is 59.7 Å². The fraction of sp³-hybridized carbons (Fsp3) is 0.812. The van der Waals surface area contributed by atoms with Crippen LogP contribution in [0.5, 0.6) is 0 Å². The Balaban J connectivity index is 2.14. The summed E-state index contributed by atoms with van der Waals surface area (Å²) in [5.41, 5.74) is 2.21. The second-order valence-electron chi connectivity index (χ2n) is 6.27. The van der Waals surface area contributed by atoms with E-state index in [9.17, 15) is 0 Å². The Bertz CT molecular complexity index is 455. The first-order valence-electron chi connectivity index (χ1n) is 8.26. The van der Waals surface area contributed by atoms with Crippen LogP contribution in [-0.4, -0.2) is 40.4 Å². The molecule has 1 aliphatic heterocycles. The van der Waals surface area contributed by atoms with Crippen molar-refractivity contribution in [3.63, 3.8) is 0 Å². The zero-order valence-electron chi connectivity index (χ0n) is 13.8. The van der Waals surface area contributed by atoms with Gasteiger partial charge in [0.2, 0.25) is 0 Å². The number of aromatic nitrogens is 2. The predicted molar refractivity (Wildman–Crippen MR) is 88.8 cm³/mol. The van der Waals surface area contributed by atoms with Crippen molar-refractivity contribution in [1.29, 1.82) is 0 Å². The Morgan fingerprint density at radius 1 is 1.38 bits per heavy atom. The fourth-order valence-electron chi connectivity index (χ4n) is 2.99. The lowest BCUT2D eigenvalue weighted by Crippen LogP contribution is -2.41. The minimum Gasteiger partial charge on any atom is -0.312 e. The zero-order valence-corrected chi connectivity index (χ0v) is 14.6. The van der Waals surface area contributed by atoms with E-state index >= 15 is 0 Å². The Morgan fingerprint density at radius 2 is 2.14 bits per heavy atom. The van der Waals surface area contributed by atoms with Gasteiger partial charge in [-0.1, -0.05) is 32.4 Å². The maximum atomic E-state index is 6.54. The van der Waals surface area contributed by atoms with Crippen molar-refractivity contribution >= 4 is 11.6 Å². The second-order valence-corrected chi connectivity index (χ2v) is 6.65. The van der Waals surface area contributed by atoms with Crippen LogP contribution in [0.25, 0.3) is 0 Å². The first-order valence-corrected chi connectivity index (χ1v) is 8.64. The summed E-state index contributed by atoms with van der Waals surface area (Å²) in [7, 11) is 0. The summed E-state index contributed by atoms with van der Waals surface area (Å²) in [6, 6.07) is 0.565. The second kappa shape index (κ2) is 7.61. The average molecular weight is 313 g/mol. The number of rotatable bonds is 5. The van der Waals surface area contributed by atoms with E-state index in [-0.39, 0.29) is 0 Å². The third-order valence-corrected chi connectivity index (χ3v) is 4.82. The van der Waals surface area contributed by atoms with Crippen LogP contribution in [0, 0.1) is 5.92 Å². The van der Waals surface area contributed by atoms with Crippen LogP contribution >= 0.6 is 11.6 Å². The molecule has 0 bridgehead atoms. The van der Waals surface area contributed by atoms with E-state index in [2.05, 4.69) is 47.7 Å². The summed E-state index contributed by atoms with van der Waals surface area (Å²) < 4.78 is 2.07. The zero-order chi connectivity index (χ0) is 15.4. The lowest BCUT2D eigenvalue weighted by molar-refractivity contribution is 0.232. The maximum Gasteiger partial charge on any atom is 0.0863 e. The van der Waals surface area contributed by atoms with E-state index in [0.29, 0.717) is 12.0 Å². The monoisotopic (exact) mass is 312 g/mol. The lowest BCUT2D eigenvalue weighted by Gasteiger charge is -2.27. The van der Waals surface area contributed by atoms with Crippen LogP contribution in [0.3, 0.4) is 0 Å². The van der Waals surface area contributed by atoms with Crippen LogP contribution in [0.4, 0.5) is 0 Å². The van der Waals surface area contributed by atoms with E-state index < -0.39 is 0 Å². The Hall–Kier alpha value is -0.580. The van der Waals surface area contributed by atoms with Gasteiger partial charge in [-0.15, -0.1) is 0 Å². The molecule has 0 aliphatic carbocycles. The Labute approximate surface area is 133 Å². The van der Waals surface area contributed by atoms with Crippen LogP contribution in [0.1, 0.15) is 45.5 Å². The molecule has 0 radical (unpaired) electrons. The molecule has 0 aromatic carbocycles. The SMILES string of the molecule is CCc1nn(CC)c(CN2CCCNC(C(C)C)C2)c1Cl. The standard InChI is InChI=1S/C16H29ClN4/c1-5-13-16(17)15(21(6-2)19-13)11-20-9-7-8-18-14(10-20)12(3)4/h12,14,18H,5-11H2,1-4H3. The predicted octanol–water partition coefficient (Wildman–Crippen LogP) is 2.94. The number of hydrogen-bond donors (Lipinski definition) is 1. The summed E-state index contributed by atoms with van der Waals surface area (Å²) >= 11 is 6.54. The van der Waals surface area contributed by atoms with Crippen LogP contribution in [0.2, 0.25) is 5.02 Å². The van der Waals surface area contributed by atoms with E-state index in [0.717, 1.165) is 49.9 Å². The third kappa shape index (κ3) is 3.99. The van der Waals surface area contributed by atoms with E-state index in [1.807, 2.05) is 0 Å². The highest BCUT2D eigenvalue weighted by atomic mass is 35.5. The maximum absolute atomic E-state index is 6.54. The van der Waals surface area contributed by atoms with Gasteiger partial charge >= 0.3 is 0 Å². The molecule has 0 saturated carbocycles. The van der Waals surface area contributed by atoms with Crippen molar-refractivity contribution in [2.24, 2.45) is 5.92 Å². The third-order valence-electron chi connectivity index (χ3n) is 4.38. The topological polar surface area (TPSA) is 33.1 Å². The first kappa shape index (κ1) is 16.8. The van der Waals surface area contributed by atoms with Crippen molar-refractivity contribution in [3.05, 3.63) is 16.4 Å². The average Bonchev–Trinajstić information content (AvgIpc) is 2.65. The number of halogens is 1. The van der Waals surface area contributed by atoms with E-state index in [4.69, 9.17) is 11.6 Å². The van der Waals surface area contributed by atoms with E-state index in [1.165, 1.54) is 12.1 Å². The van der Waals surface area contributed by atoms with Crippen molar-refractivity contribution in [2.75, 3.05) is 19.6 Å². The summed E-state index contributed by atoms with van der Waals surface area (Å²) in [6.07, 6.45) is 2.09. The van der Waals surface area contributed by atoms with Gasteiger partial charge in [0.15, 0.2) is 0 Å². The van der Waals surface area contributed by atoms with Gasteiger partial charge in [0.1, 0.15) is 0 Å². The smallest absolute Gasteiger partial charge is 0.0863 e. The van der Waals surface area contributed by atoms with Crippen LogP contribution in [0.15, 0.2) is 0 Å². The van der Waals surface area contributed by atoms with Gasteiger partial charge < -0.3 is 5.32 Å². The highest BCUT2D eigenvalue weighted by Gasteiger charge is 2.23. The Morgan fingerprint density at radius 3 is 2.76 bits per heavy atom. The molecule has 1 fully saturated rings. The molecule has 1 aliphatic rings. The fourth-order valence-corrected chi connectivity index (χ4v) is 3.32. The number of hydrogen-bond acceptors (Lipinski definition) is 3.